The molecule has 0 aliphatic heterocycles. The molecule has 19 heavy (non-hydrogen) atoms. The Morgan fingerprint density at radius 3 is 2.42 bits per heavy atom. The molecule has 1 aromatic heterocycles. The maximum atomic E-state index is 10.2. The molecule has 4 heteroatoms. The molecule has 0 saturated carbocycles. The van der Waals surface area contributed by atoms with Crippen molar-refractivity contribution in [1.82, 2.24) is 10.3 Å². The number of rotatable bonds is 6. The third-order valence-electron chi connectivity index (χ3n) is 2.85. The zero-order valence-corrected chi connectivity index (χ0v) is 13.9. The summed E-state index contributed by atoms with van der Waals surface area (Å²) in [5.41, 5.74) is -0.516. The number of thiazole rings is 1. The Bertz CT molecular complexity index is 391. The zero-order valence-electron chi connectivity index (χ0n) is 13.1. The highest BCUT2D eigenvalue weighted by molar-refractivity contribution is 7.11. The summed E-state index contributed by atoms with van der Waals surface area (Å²) in [6.07, 6.45) is 2.76. The maximum absolute atomic E-state index is 10.2. The van der Waals surface area contributed by atoms with Crippen LogP contribution in [0.25, 0.3) is 0 Å². The van der Waals surface area contributed by atoms with E-state index in [4.69, 9.17) is 0 Å². The molecule has 0 spiro atoms. The molecule has 0 aliphatic carbocycles. The SMILES string of the molecule is CC(C)CC(C)(O)CNCc1cnc(C(C)(C)C)s1. The van der Waals surface area contributed by atoms with Gasteiger partial charge >= 0.3 is 0 Å². The summed E-state index contributed by atoms with van der Waals surface area (Å²) < 4.78 is 0. The zero-order chi connectivity index (χ0) is 14.7. The monoisotopic (exact) mass is 284 g/mol. The van der Waals surface area contributed by atoms with E-state index < -0.39 is 5.60 Å². The lowest BCUT2D eigenvalue weighted by molar-refractivity contribution is 0.0384. The number of hydrogen-bond donors (Lipinski definition) is 2. The van der Waals surface area contributed by atoms with Gasteiger partial charge in [-0.3, -0.25) is 0 Å². The van der Waals surface area contributed by atoms with Crippen molar-refractivity contribution >= 4 is 11.3 Å². The number of hydrogen-bond acceptors (Lipinski definition) is 4. The van der Waals surface area contributed by atoms with E-state index in [9.17, 15) is 5.11 Å². The summed E-state index contributed by atoms with van der Waals surface area (Å²) >= 11 is 1.75. The molecule has 110 valence electrons. The lowest BCUT2D eigenvalue weighted by atomic mass is 9.94. The van der Waals surface area contributed by atoms with Crippen LogP contribution < -0.4 is 5.32 Å². The average molecular weight is 284 g/mol. The van der Waals surface area contributed by atoms with E-state index in [1.165, 1.54) is 9.88 Å². The largest absolute Gasteiger partial charge is 0.389 e. The quantitative estimate of drug-likeness (QED) is 0.842. The molecule has 0 aromatic carbocycles. The van der Waals surface area contributed by atoms with E-state index in [1.807, 2.05) is 13.1 Å². The van der Waals surface area contributed by atoms with E-state index >= 15 is 0 Å². The molecule has 1 heterocycles. The molecule has 2 N–H and O–H groups in total. The first-order valence-corrected chi connectivity index (χ1v) is 7.80. The molecule has 1 atom stereocenters. The van der Waals surface area contributed by atoms with Crippen molar-refractivity contribution in [3.63, 3.8) is 0 Å². The van der Waals surface area contributed by atoms with Crippen LogP contribution in [0.4, 0.5) is 0 Å². The summed E-state index contributed by atoms with van der Waals surface area (Å²) in [6, 6.07) is 0. The molecule has 0 saturated heterocycles. The van der Waals surface area contributed by atoms with Crippen molar-refractivity contribution < 1.29 is 5.11 Å². The van der Waals surface area contributed by atoms with E-state index in [1.54, 1.807) is 11.3 Å². The first kappa shape index (κ1) is 16.6. The van der Waals surface area contributed by atoms with Gasteiger partial charge in [-0.2, -0.15) is 0 Å². The van der Waals surface area contributed by atoms with Crippen LogP contribution in [-0.4, -0.2) is 22.2 Å². The molecule has 1 rings (SSSR count). The van der Waals surface area contributed by atoms with Crippen LogP contribution in [0, 0.1) is 5.92 Å². The van der Waals surface area contributed by atoms with Crippen LogP contribution in [0.2, 0.25) is 0 Å². The van der Waals surface area contributed by atoms with Gasteiger partial charge in [0, 0.05) is 29.6 Å². The second-order valence-electron chi connectivity index (χ2n) is 7.08. The molecule has 0 fully saturated rings. The van der Waals surface area contributed by atoms with Gasteiger partial charge in [-0.05, 0) is 19.3 Å². The van der Waals surface area contributed by atoms with E-state index in [0.717, 1.165) is 13.0 Å². The minimum atomic E-state index is -0.633. The van der Waals surface area contributed by atoms with Crippen molar-refractivity contribution in [2.24, 2.45) is 5.92 Å². The van der Waals surface area contributed by atoms with Gasteiger partial charge in [0.25, 0.3) is 0 Å². The van der Waals surface area contributed by atoms with Gasteiger partial charge in [0.05, 0.1) is 10.6 Å². The van der Waals surface area contributed by atoms with Crippen LogP contribution in [-0.2, 0) is 12.0 Å². The molecule has 0 aliphatic rings. The van der Waals surface area contributed by atoms with Gasteiger partial charge in [-0.25, -0.2) is 4.98 Å². The summed E-state index contributed by atoms with van der Waals surface area (Å²) in [7, 11) is 0. The Morgan fingerprint density at radius 1 is 1.32 bits per heavy atom. The predicted octanol–water partition coefficient (Wildman–Crippen LogP) is 3.33. The summed E-state index contributed by atoms with van der Waals surface area (Å²) in [6.45, 7) is 14.1. The topological polar surface area (TPSA) is 45.1 Å². The lowest BCUT2D eigenvalue weighted by Crippen LogP contribution is -2.38. The summed E-state index contributed by atoms with van der Waals surface area (Å²) in [5, 5.41) is 14.7. The number of nitrogens with one attached hydrogen (secondary N) is 1. The first-order valence-electron chi connectivity index (χ1n) is 6.98. The van der Waals surface area contributed by atoms with Crippen LogP contribution in [0.3, 0.4) is 0 Å². The van der Waals surface area contributed by atoms with Crippen molar-refractivity contribution in [3.05, 3.63) is 16.1 Å². The minimum Gasteiger partial charge on any atom is -0.389 e. The number of aliphatic hydroxyl groups is 1. The third-order valence-corrected chi connectivity index (χ3v) is 4.27. The van der Waals surface area contributed by atoms with Crippen LogP contribution in [0.15, 0.2) is 6.20 Å². The fourth-order valence-corrected chi connectivity index (χ4v) is 3.08. The van der Waals surface area contributed by atoms with Crippen LogP contribution in [0.5, 0.6) is 0 Å². The highest BCUT2D eigenvalue weighted by Crippen LogP contribution is 2.26. The molecular weight excluding hydrogens is 256 g/mol. The van der Waals surface area contributed by atoms with Crippen molar-refractivity contribution in [3.8, 4) is 0 Å². The number of aromatic nitrogens is 1. The Labute approximate surface area is 121 Å². The van der Waals surface area contributed by atoms with Crippen molar-refractivity contribution in [2.75, 3.05) is 6.54 Å². The Morgan fingerprint density at radius 2 is 1.95 bits per heavy atom. The van der Waals surface area contributed by atoms with Gasteiger partial charge in [0.1, 0.15) is 0 Å². The second kappa shape index (κ2) is 6.33. The second-order valence-corrected chi connectivity index (χ2v) is 8.20. The van der Waals surface area contributed by atoms with Crippen LogP contribution >= 0.6 is 11.3 Å². The van der Waals surface area contributed by atoms with Gasteiger partial charge in [0.2, 0.25) is 0 Å². The Balaban J connectivity index is 2.43. The van der Waals surface area contributed by atoms with Gasteiger partial charge in [-0.1, -0.05) is 34.6 Å². The normalized spacial score (nSPS) is 15.8. The fourth-order valence-electron chi connectivity index (χ4n) is 2.14. The molecule has 1 unspecified atom stereocenters. The fraction of sp³-hybridized carbons (Fsp3) is 0.800. The molecular formula is C15H28N2OS. The standard InChI is InChI=1S/C15H28N2OS/c1-11(2)7-15(6,18)10-16-8-12-9-17-13(19-12)14(3,4)5/h9,11,16,18H,7-8,10H2,1-6H3. The molecule has 0 radical (unpaired) electrons. The maximum Gasteiger partial charge on any atom is 0.0981 e. The molecule has 1 aromatic rings. The predicted molar refractivity (Wildman–Crippen MR) is 82.6 cm³/mol. The van der Waals surface area contributed by atoms with Crippen LogP contribution in [0.1, 0.15) is 57.8 Å². The van der Waals surface area contributed by atoms with Crippen molar-refractivity contribution in [1.29, 1.82) is 0 Å². The Kier molecular flexibility index (Phi) is 5.53. The Hall–Kier alpha value is -0.450. The average Bonchev–Trinajstić information content (AvgIpc) is 2.62. The van der Waals surface area contributed by atoms with E-state index in [0.29, 0.717) is 12.5 Å². The molecule has 0 amide bonds. The third kappa shape index (κ3) is 6.02. The molecule has 0 bridgehead atoms. The van der Waals surface area contributed by atoms with E-state index in [-0.39, 0.29) is 5.41 Å². The summed E-state index contributed by atoms with van der Waals surface area (Å²) in [5.74, 6) is 0.507. The first-order chi connectivity index (χ1) is 8.60. The number of nitrogens with zero attached hydrogens (tertiary/aromatic N) is 1. The van der Waals surface area contributed by atoms with Gasteiger partial charge in [-0.15, -0.1) is 11.3 Å². The highest BCUT2D eigenvalue weighted by atomic mass is 32.1. The van der Waals surface area contributed by atoms with Gasteiger partial charge in [0.15, 0.2) is 0 Å². The highest BCUT2D eigenvalue weighted by Gasteiger charge is 2.22. The minimum absolute atomic E-state index is 0.117. The summed E-state index contributed by atoms with van der Waals surface area (Å²) in [4.78, 5) is 5.69. The smallest absolute Gasteiger partial charge is 0.0981 e. The van der Waals surface area contributed by atoms with E-state index in [2.05, 4.69) is 44.9 Å². The van der Waals surface area contributed by atoms with Crippen molar-refractivity contribution in [2.45, 2.75) is 65.5 Å². The van der Waals surface area contributed by atoms with Gasteiger partial charge < -0.3 is 10.4 Å². The molecule has 3 nitrogen and oxygen atoms in total. The lowest BCUT2D eigenvalue weighted by Gasteiger charge is -2.25.